The molecule has 1 saturated carbocycles. The van der Waals surface area contributed by atoms with E-state index in [1.165, 1.54) is 24.1 Å². The number of nitrogens with zero attached hydrogens (tertiary/aromatic N) is 2. The molecule has 3 nitrogen and oxygen atoms in total. The molecule has 0 aromatic carbocycles. The van der Waals surface area contributed by atoms with Gasteiger partial charge in [-0.15, -0.1) is 0 Å². The second-order valence-electron chi connectivity index (χ2n) is 4.51. The van der Waals surface area contributed by atoms with Crippen LogP contribution >= 0.6 is 0 Å². The van der Waals surface area contributed by atoms with Gasteiger partial charge in [-0.3, -0.25) is 0 Å². The molecule has 0 unspecified atom stereocenters. The zero-order valence-electron chi connectivity index (χ0n) is 9.87. The van der Waals surface area contributed by atoms with Crippen molar-refractivity contribution in [2.45, 2.75) is 45.4 Å². The number of aryl methyl sites for hydroxylation is 1. The van der Waals surface area contributed by atoms with E-state index in [9.17, 15) is 0 Å². The molecular formula is C12H18N2O. The van der Waals surface area contributed by atoms with E-state index in [1.807, 2.05) is 6.92 Å². The topological polar surface area (TPSA) is 35.0 Å². The molecule has 0 aliphatic heterocycles. The third-order valence-electron chi connectivity index (χ3n) is 2.79. The second-order valence-corrected chi connectivity index (χ2v) is 4.51. The van der Waals surface area contributed by atoms with Crippen LogP contribution in [0.1, 0.15) is 55.6 Å². The highest BCUT2D eigenvalue weighted by atomic mass is 16.5. The van der Waals surface area contributed by atoms with E-state index in [0.29, 0.717) is 11.8 Å². The van der Waals surface area contributed by atoms with E-state index in [1.54, 1.807) is 7.11 Å². The van der Waals surface area contributed by atoms with E-state index in [4.69, 9.17) is 4.74 Å². The summed E-state index contributed by atoms with van der Waals surface area (Å²) < 4.78 is 5.35. The number of hydrogen-bond acceptors (Lipinski definition) is 3. The zero-order valence-corrected chi connectivity index (χ0v) is 9.87. The number of methoxy groups -OCH3 is 1. The van der Waals surface area contributed by atoms with Crippen LogP contribution in [-0.2, 0) is 0 Å². The van der Waals surface area contributed by atoms with Gasteiger partial charge < -0.3 is 4.74 Å². The van der Waals surface area contributed by atoms with E-state index < -0.39 is 0 Å². The monoisotopic (exact) mass is 206 g/mol. The maximum Gasteiger partial charge on any atom is 0.220 e. The fraction of sp³-hybridized carbons (Fsp3) is 0.667. The van der Waals surface area contributed by atoms with Gasteiger partial charge in [-0.25, -0.2) is 4.98 Å². The molecule has 3 heteroatoms. The molecule has 1 fully saturated rings. The Bertz CT molecular complexity index is 370. The number of aromatic nitrogens is 2. The molecule has 0 radical (unpaired) electrons. The van der Waals surface area contributed by atoms with E-state index in [-0.39, 0.29) is 0 Å². The summed E-state index contributed by atoms with van der Waals surface area (Å²) in [6, 6.07) is 0. The highest BCUT2D eigenvalue weighted by molar-refractivity contribution is 5.37. The Labute approximate surface area is 90.9 Å². The van der Waals surface area contributed by atoms with Crippen molar-refractivity contribution >= 4 is 0 Å². The van der Waals surface area contributed by atoms with Crippen LogP contribution in [0, 0.1) is 6.92 Å². The summed E-state index contributed by atoms with van der Waals surface area (Å²) in [5.74, 6) is 2.66. The van der Waals surface area contributed by atoms with Crippen LogP contribution in [0.15, 0.2) is 0 Å². The fourth-order valence-corrected chi connectivity index (χ4v) is 1.94. The molecule has 82 valence electrons. The lowest BCUT2D eigenvalue weighted by molar-refractivity contribution is 0.386. The van der Waals surface area contributed by atoms with Gasteiger partial charge in [-0.1, -0.05) is 13.8 Å². The summed E-state index contributed by atoms with van der Waals surface area (Å²) in [6.45, 7) is 6.27. The Balaban J connectivity index is 2.53. The van der Waals surface area contributed by atoms with E-state index >= 15 is 0 Å². The van der Waals surface area contributed by atoms with Gasteiger partial charge in [0.25, 0.3) is 0 Å². The smallest absolute Gasteiger partial charge is 0.220 e. The van der Waals surface area contributed by atoms with Crippen molar-refractivity contribution in [3.05, 3.63) is 17.1 Å². The highest BCUT2D eigenvalue weighted by Crippen LogP contribution is 2.44. The molecule has 0 bridgehead atoms. The molecule has 1 aromatic rings. The van der Waals surface area contributed by atoms with Crippen molar-refractivity contribution in [1.29, 1.82) is 0 Å². The van der Waals surface area contributed by atoms with Crippen LogP contribution in [0.4, 0.5) is 0 Å². The Kier molecular flexibility index (Phi) is 2.63. The SMILES string of the molecule is COc1nc(C)nc(C2CC2)c1C(C)C. The number of ether oxygens (including phenoxy) is 1. The average Bonchev–Trinajstić information content (AvgIpc) is 2.98. The second kappa shape index (κ2) is 3.80. The molecule has 1 aliphatic rings. The Morgan fingerprint density at radius 3 is 2.40 bits per heavy atom. The molecule has 1 heterocycles. The van der Waals surface area contributed by atoms with Gasteiger partial charge in [0, 0.05) is 11.5 Å². The lowest BCUT2D eigenvalue weighted by Crippen LogP contribution is -2.06. The predicted molar refractivity (Wildman–Crippen MR) is 59.4 cm³/mol. The van der Waals surface area contributed by atoms with Crippen LogP contribution in [0.2, 0.25) is 0 Å². The molecule has 0 atom stereocenters. The molecular weight excluding hydrogens is 188 g/mol. The largest absolute Gasteiger partial charge is 0.481 e. The third kappa shape index (κ3) is 1.96. The number of rotatable bonds is 3. The molecule has 0 N–H and O–H groups in total. The van der Waals surface area contributed by atoms with Crippen molar-refractivity contribution in [2.24, 2.45) is 0 Å². The van der Waals surface area contributed by atoms with E-state index in [2.05, 4.69) is 23.8 Å². The maximum absolute atomic E-state index is 5.35. The fourth-order valence-electron chi connectivity index (χ4n) is 1.94. The first kappa shape index (κ1) is 10.4. The lowest BCUT2D eigenvalue weighted by Gasteiger charge is -2.15. The minimum Gasteiger partial charge on any atom is -0.481 e. The predicted octanol–water partition coefficient (Wildman–Crippen LogP) is 2.79. The first-order valence-electron chi connectivity index (χ1n) is 5.56. The van der Waals surface area contributed by atoms with Crippen molar-refractivity contribution in [1.82, 2.24) is 9.97 Å². The summed E-state index contributed by atoms with van der Waals surface area (Å²) in [5.41, 5.74) is 2.42. The standard InChI is InChI=1S/C12H18N2O/c1-7(2)10-11(9-5-6-9)13-8(3)14-12(10)15-4/h7,9H,5-6H2,1-4H3. The highest BCUT2D eigenvalue weighted by Gasteiger charge is 2.30. The van der Waals surface area contributed by atoms with Gasteiger partial charge in [-0.05, 0) is 25.7 Å². The summed E-state index contributed by atoms with van der Waals surface area (Å²) in [4.78, 5) is 8.92. The molecule has 2 rings (SSSR count). The quantitative estimate of drug-likeness (QED) is 0.762. The minimum atomic E-state index is 0.427. The average molecular weight is 206 g/mol. The molecule has 0 spiro atoms. The van der Waals surface area contributed by atoms with Crippen molar-refractivity contribution in [3.63, 3.8) is 0 Å². The van der Waals surface area contributed by atoms with Crippen LogP contribution in [0.5, 0.6) is 5.88 Å². The Morgan fingerprint density at radius 1 is 1.27 bits per heavy atom. The van der Waals surface area contributed by atoms with Crippen molar-refractivity contribution in [2.75, 3.05) is 7.11 Å². The van der Waals surface area contributed by atoms with Gasteiger partial charge in [0.1, 0.15) is 5.82 Å². The summed E-state index contributed by atoms with van der Waals surface area (Å²) in [7, 11) is 1.68. The van der Waals surface area contributed by atoms with Crippen molar-refractivity contribution < 1.29 is 4.74 Å². The minimum absolute atomic E-state index is 0.427. The summed E-state index contributed by atoms with van der Waals surface area (Å²) in [5, 5.41) is 0. The third-order valence-corrected chi connectivity index (χ3v) is 2.79. The number of hydrogen-bond donors (Lipinski definition) is 0. The van der Waals surface area contributed by atoms with Crippen molar-refractivity contribution in [3.8, 4) is 5.88 Å². The first-order chi connectivity index (χ1) is 7.13. The Morgan fingerprint density at radius 2 is 1.93 bits per heavy atom. The van der Waals surface area contributed by atoms with Gasteiger partial charge in [0.15, 0.2) is 0 Å². The summed E-state index contributed by atoms with van der Waals surface area (Å²) in [6.07, 6.45) is 2.53. The van der Waals surface area contributed by atoms with Crippen LogP contribution in [0.25, 0.3) is 0 Å². The molecule has 1 aliphatic carbocycles. The maximum atomic E-state index is 5.35. The van der Waals surface area contributed by atoms with E-state index in [0.717, 1.165) is 11.7 Å². The normalized spacial score (nSPS) is 15.8. The summed E-state index contributed by atoms with van der Waals surface area (Å²) >= 11 is 0. The molecule has 1 aromatic heterocycles. The molecule has 15 heavy (non-hydrogen) atoms. The molecule has 0 saturated heterocycles. The lowest BCUT2D eigenvalue weighted by atomic mass is 10.00. The Hall–Kier alpha value is -1.12. The molecule has 0 amide bonds. The van der Waals surface area contributed by atoms with Gasteiger partial charge in [0.05, 0.1) is 12.8 Å². The van der Waals surface area contributed by atoms with Gasteiger partial charge >= 0.3 is 0 Å². The van der Waals surface area contributed by atoms with Crippen LogP contribution in [0.3, 0.4) is 0 Å². The van der Waals surface area contributed by atoms with Crippen LogP contribution < -0.4 is 4.74 Å². The van der Waals surface area contributed by atoms with Crippen LogP contribution in [-0.4, -0.2) is 17.1 Å². The van der Waals surface area contributed by atoms with Gasteiger partial charge in [0.2, 0.25) is 5.88 Å². The zero-order chi connectivity index (χ0) is 11.0. The first-order valence-corrected chi connectivity index (χ1v) is 5.56. The van der Waals surface area contributed by atoms with Gasteiger partial charge in [-0.2, -0.15) is 4.98 Å².